The number of terminal acetylenes is 1. The van der Waals surface area contributed by atoms with Gasteiger partial charge in [-0.1, -0.05) is 47.1 Å². The lowest BCUT2D eigenvalue weighted by Gasteiger charge is -2.22. The predicted octanol–water partition coefficient (Wildman–Crippen LogP) is 4.95. The molecule has 1 heterocycles. The maximum Gasteiger partial charge on any atom is 0.279 e. The van der Waals surface area contributed by atoms with Gasteiger partial charge < -0.3 is 4.57 Å². The Bertz CT molecular complexity index is 1570. The zero-order valence-corrected chi connectivity index (χ0v) is 20.6. The van der Waals surface area contributed by atoms with Crippen molar-refractivity contribution >= 4 is 54.8 Å². The minimum atomic E-state index is -3.79. The molecule has 4 rings (SSSR count). The van der Waals surface area contributed by atoms with Crippen molar-refractivity contribution in [3.63, 3.8) is 0 Å². The van der Waals surface area contributed by atoms with Crippen LogP contribution in [0.2, 0.25) is 5.02 Å². The fourth-order valence-electron chi connectivity index (χ4n) is 3.51. The number of carbonyl (C=O) groups excluding carboxylic acids is 1. The van der Waals surface area contributed by atoms with Crippen molar-refractivity contribution in [2.45, 2.75) is 18.4 Å². The van der Waals surface area contributed by atoms with Crippen LogP contribution in [0.4, 0.5) is 5.69 Å². The number of anilines is 1. The molecule has 6 nitrogen and oxygen atoms in total. The van der Waals surface area contributed by atoms with E-state index in [0.717, 1.165) is 10.2 Å². The van der Waals surface area contributed by atoms with Gasteiger partial charge in [0.15, 0.2) is 4.80 Å². The topological polar surface area (TPSA) is 71.7 Å². The van der Waals surface area contributed by atoms with Crippen LogP contribution in [0.1, 0.15) is 17.3 Å². The Morgan fingerprint density at radius 1 is 1.12 bits per heavy atom. The van der Waals surface area contributed by atoms with Crippen molar-refractivity contribution in [1.82, 2.24) is 4.57 Å². The molecule has 0 saturated carbocycles. The first kappa shape index (κ1) is 23.8. The van der Waals surface area contributed by atoms with Crippen LogP contribution in [0.3, 0.4) is 0 Å². The summed E-state index contributed by atoms with van der Waals surface area (Å²) in [6.45, 7) is 2.29. The van der Waals surface area contributed by atoms with E-state index in [9.17, 15) is 13.2 Å². The summed E-state index contributed by atoms with van der Waals surface area (Å²) in [6, 6.07) is 20.0. The summed E-state index contributed by atoms with van der Waals surface area (Å²) >= 11 is 7.40. The number of nitrogens with zero attached hydrogens (tertiary/aromatic N) is 3. The summed E-state index contributed by atoms with van der Waals surface area (Å²) in [5, 5.41) is 0.577. The molecule has 34 heavy (non-hydrogen) atoms. The van der Waals surface area contributed by atoms with E-state index in [1.165, 1.54) is 39.9 Å². The van der Waals surface area contributed by atoms with E-state index in [1.54, 1.807) is 47.9 Å². The van der Waals surface area contributed by atoms with Crippen LogP contribution in [0.15, 0.2) is 82.7 Å². The first-order chi connectivity index (χ1) is 16.3. The molecule has 0 radical (unpaired) electrons. The van der Waals surface area contributed by atoms with E-state index in [1.807, 2.05) is 12.1 Å². The Morgan fingerprint density at radius 2 is 1.82 bits per heavy atom. The largest absolute Gasteiger partial charge is 0.305 e. The van der Waals surface area contributed by atoms with E-state index in [-0.39, 0.29) is 23.5 Å². The number of hydrogen-bond donors (Lipinski definition) is 0. The first-order valence-corrected chi connectivity index (χ1v) is 13.0. The van der Waals surface area contributed by atoms with Gasteiger partial charge in [-0.2, -0.15) is 4.99 Å². The number of halogens is 1. The second-order valence-corrected chi connectivity index (χ2v) is 10.5. The third-order valence-corrected chi connectivity index (χ3v) is 8.31. The monoisotopic (exact) mass is 509 g/mol. The van der Waals surface area contributed by atoms with Gasteiger partial charge in [0.1, 0.15) is 0 Å². The summed E-state index contributed by atoms with van der Waals surface area (Å²) in [7, 11) is -3.79. The molecule has 3 aromatic carbocycles. The Morgan fingerprint density at radius 3 is 2.47 bits per heavy atom. The SMILES string of the molecule is C#CCn1c(=NC(=O)c2ccc(S(=O)(=O)N(CC)c3ccccc3)cc2)sc2cc(Cl)ccc21. The highest BCUT2D eigenvalue weighted by atomic mass is 35.5. The van der Waals surface area contributed by atoms with Crippen molar-refractivity contribution in [2.75, 3.05) is 10.8 Å². The number of thiazole rings is 1. The zero-order valence-electron chi connectivity index (χ0n) is 18.2. The number of fused-ring (bicyclic) bond motifs is 1. The molecule has 0 atom stereocenters. The quantitative estimate of drug-likeness (QED) is 0.345. The van der Waals surface area contributed by atoms with Crippen LogP contribution < -0.4 is 9.11 Å². The minimum Gasteiger partial charge on any atom is -0.305 e. The molecule has 0 saturated heterocycles. The van der Waals surface area contributed by atoms with E-state index < -0.39 is 15.9 Å². The number of rotatable bonds is 6. The van der Waals surface area contributed by atoms with Crippen molar-refractivity contribution in [3.05, 3.63) is 88.2 Å². The maximum atomic E-state index is 13.2. The number of benzene rings is 3. The van der Waals surface area contributed by atoms with E-state index in [0.29, 0.717) is 15.5 Å². The summed E-state index contributed by atoms with van der Waals surface area (Å²) in [4.78, 5) is 17.7. The van der Waals surface area contributed by atoms with Crippen molar-refractivity contribution in [3.8, 4) is 12.3 Å². The fourth-order valence-corrected chi connectivity index (χ4v) is 6.29. The van der Waals surface area contributed by atoms with Crippen molar-refractivity contribution in [1.29, 1.82) is 0 Å². The number of hydrogen-bond acceptors (Lipinski definition) is 4. The lowest BCUT2D eigenvalue weighted by Crippen LogP contribution is -2.30. The second-order valence-electron chi connectivity index (χ2n) is 7.23. The van der Waals surface area contributed by atoms with Crippen LogP contribution >= 0.6 is 22.9 Å². The summed E-state index contributed by atoms with van der Waals surface area (Å²) in [5.74, 6) is 2.08. The van der Waals surface area contributed by atoms with Gasteiger partial charge in [0.05, 0.1) is 27.3 Å². The molecule has 0 bridgehead atoms. The van der Waals surface area contributed by atoms with Crippen LogP contribution in [0.5, 0.6) is 0 Å². The summed E-state index contributed by atoms with van der Waals surface area (Å²) in [5.41, 5.74) is 1.67. The lowest BCUT2D eigenvalue weighted by molar-refractivity contribution is 0.0998. The van der Waals surface area contributed by atoms with Crippen LogP contribution in [0.25, 0.3) is 10.2 Å². The lowest BCUT2D eigenvalue weighted by atomic mass is 10.2. The average molecular weight is 510 g/mol. The highest BCUT2D eigenvalue weighted by Gasteiger charge is 2.23. The van der Waals surface area contributed by atoms with E-state index >= 15 is 0 Å². The molecule has 0 aliphatic carbocycles. The molecule has 9 heteroatoms. The van der Waals surface area contributed by atoms with E-state index in [4.69, 9.17) is 18.0 Å². The maximum absolute atomic E-state index is 13.2. The van der Waals surface area contributed by atoms with Crippen molar-refractivity contribution in [2.24, 2.45) is 4.99 Å². The average Bonchev–Trinajstić information content (AvgIpc) is 3.16. The fraction of sp³-hybridized carbons (Fsp3) is 0.120. The smallest absolute Gasteiger partial charge is 0.279 e. The Balaban J connectivity index is 1.68. The van der Waals surface area contributed by atoms with Crippen LogP contribution in [-0.2, 0) is 16.6 Å². The van der Waals surface area contributed by atoms with Gasteiger partial charge in [-0.3, -0.25) is 9.10 Å². The van der Waals surface area contributed by atoms with Crippen LogP contribution in [0, 0.1) is 12.3 Å². The minimum absolute atomic E-state index is 0.0913. The molecular formula is C25H20ClN3O3S2. The third kappa shape index (κ3) is 4.64. The first-order valence-electron chi connectivity index (χ1n) is 10.3. The Hall–Kier alpha value is -3.38. The summed E-state index contributed by atoms with van der Waals surface area (Å²) < 4.78 is 30.3. The molecule has 1 amide bonds. The van der Waals surface area contributed by atoms with Gasteiger partial charge in [-0.05, 0) is 61.5 Å². The number of sulfonamides is 1. The van der Waals surface area contributed by atoms with Gasteiger partial charge in [-0.25, -0.2) is 8.42 Å². The Kier molecular flexibility index (Phi) is 6.89. The van der Waals surface area contributed by atoms with Gasteiger partial charge in [0.25, 0.3) is 15.9 Å². The molecule has 0 fully saturated rings. The van der Waals surface area contributed by atoms with Crippen molar-refractivity contribution < 1.29 is 13.2 Å². The highest BCUT2D eigenvalue weighted by molar-refractivity contribution is 7.92. The molecule has 0 aliphatic rings. The molecule has 0 spiro atoms. The Labute approximate surface area is 206 Å². The predicted molar refractivity (Wildman–Crippen MR) is 137 cm³/mol. The van der Waals surface area contributed by atoms with Gasteiger partial charge in [0.2, 0.25) is 0 Å². The number of amides is 1. The number of para-hydroxylation sites is 1. The van der Waals surface area contributed by atoms with Gasteiger partial charge in [-0.15, -0.1) is 6.42 Å². The van der Waals surface area contributed by atoms with E-state index in [2.05, 4.69) is 10.9 Å². The third-order valence-electron chi connectivity index (χ3n) is 5.11. The van der Waals surface area contributed by atoms with Crippen LogP contribution in [-0.4, -0.2) is 25.4 Å². The standard InChI is InChI=1S/C25H20ClN3O3S2/c1-3-16-28-22-15-12-19(26)17-23(22)33-25(28)27-24(30)18-10-13-21(14-11-18)34(31,32)29(4-2)20-8-6-5-7-9-20/h1,5-15,17H,4,16H2,2H3. The second kappa shape index (κ2) is 9.85. The molecule has 1 aromatic heterocycles. The highest BCUT2D eigenvalue weighted by Crippen LogP contribution is 2.24. The normalized spacial score (nSPS) is 12.0. The van der Waals surface area contributed by atoms with Gasteiger partial charge >= 0.3 is 0 Å². The zero-order chi connectivity index (χ0) is 24.3. The molecule has 4 aromatic rings. The number of aromatic nitrogens is 1. The van der Waals surface area contributed by atoms with Gasteiger partial charge in [0, 0.05) is 17.1 Å². The molecular weight excluding hydrogens is 490 g/mol. The summed E-state index contributed by atoms with van der Waals surface area (Å²) in [6.07, 6.45) is 5.51. The number of carbonyl (C=O) groups is 1. The molecule has 0 unspecified atom stereocenters. The molecule has 0 N–H and O–H groups in total. The molecule has 0 aliphatic heterocycles. The molecule has 172 valence electrons.